The molecule has 6 heteroatoms. The number of benzene rings is 3. The number of anilines is 2. The Hall–Kier alpha value is -3.05. The molecule has 2 N–H and O–H groups in total. The van der Waals surface area contributed by atoms with Crippen LogP contribution in [0.2, 0.25) is 5.02 Å². The van der Waals surface area contributed by atoms with Gasteiger partial charge in [-0.25, -0.2) is 4.39 Å². The minimum Gasteiger partial charge on any atom is -0.489 e. The lowest BCUT2D eigenvalue weighted by Crippen LogP contribution is -2.21. The average molecular weight is 385 g/mol. The molecule has 0 fully saturated rings. The Morgan fingerprint density at radius 1 is 0.963 bits per heavy atom. The quantitative estimate of drug-likeness (QED) is 0.595. The summed E-state index contributed by atoms with van der Waals surface area (Å²) in [6.07, 6.45) is 0. The molecule has 3 aromatic carbocycles. The van der Waals surface area contributed by atoms with Gasteiger partial charge in [0.15, 0.2) is 0 Å². The topological polar surface area (TPSA) is 50.4 Å². The Labute approximate surface area is 161 Å². The van der Waals surface area contributed by atoms with E-state index in [0.717, 1.165) is 17.0 Å². The molecule has 0 aliphatic heterocycles. The Bertz CT molecular complexity index is 899. The molecule has 4 nitrogen and oxygen atoms in total. The van der Waals surface area contributed by atoms with Crippen LogP contribution in [0, 0.1) is 5.82 Å². The molecule has 0 aromatic heterocycles. The summed E-state index contributed by atoms with van der Waals surface area (Å²) in [5.41, 5.74) is 2.23. The van der Waals surface area contributed by atoms with E-state index in [0.29, 0.717) is 17.3 Å². The predicted octanol–water partition coefficient (Wildman–Crippen LogP) is 5.11. The van der Waals surface area contributed by atoms with E-state index in [9.17, 15) is 9.18 Å². The number of hydrogen-bond acceptors (Lipinski definition) is 3. The number of carbonyl (C=O) groups excluding carboxylic acids is 1. The smallest absolute Gasteiger partial charge is 0.243 e. The maximum absolute atomic E-state index is 13.1. The fourth-order valence-corrected chi connectivity index (χ4v) is 2.50. The first kappa shape index (κ1) is 18.7. The summed E-state index contributed by atoms with van der Waals surface area (Å²) in [4.78, 5) is 11.9. The van der Waals surface area contributed by atoms with Crippen molar-refractivity contribution in [3.63, 3.8) is 0 Å². The van der Waals surface area contributed by atoms with Crippen molar-refractivity contribution in [3.05, 3.63) is 89.2 Å². The normalized spacial score (nSPS) is 10.3. The van der Waals surface area contributed by atoms with Crippen LogP contribution in [0.3, 0.4) is 0 Å². The van der Waals surface area contributed by atoms with E-state index in [1.165, 1.54) is 12.1 Å². The van der Waals surface area contributed by atoms with E-state index >= 15 is 0 Å². The maximum Gasteiger partial charge on any atom is 0.243 e. The maximum atomic E-state index is 13.1. The van der Waals surface area contributed by atoms with Crippen LogP contribution in [0.1, 0.15) is 5.56 Å². The van der Waals surface area contributed by atoms with Crippen LogP contribution in [-0.4, -0.2) is 12.5 Å². The zero-order chi connectivity index (χ0) is 19.1. The van der Waals surface area contributed by atoms with Crippen LogP contribution in [-0.2, 0) is 11.4 Å². The summed E-state index contributed by atoms with van der Waals surface area (Å²) in [5, 5.41) is 6.33. The minimum absolute atomic E-state index is 0.0709. The summed E-state index contributed by atoms with van der Waals surface area (Å²) in [6.45, 7) is 0.515. The van der Waals surface area contributed by atoms with Gasteiger partial charge in [-0.1, -0.05) is 29.8 Å². The van der Waals surface area contributed by atoms with Gasteiger partial charge in [0.2, 0.25) is 5.91 Å². The third-order valence-corrected chi connectivity index (χ3v) is 3.99. The number of hydrogen-bond donors (Lipinski definition) is 2. The standard InChI is InChI=1S/C21H18ClFN2O2/c22-16-6-4-15(5-7-16)14-27-20-10-8-18(9-11-20)24-13-21(26)25-19-3-1-2-17(23)12-19/h1-12,24H,13-14H2,(H,25,26). The molecular formula is C21H18ClFN2O2. The summed E-state index contributed by atoms with van der Waals surface area (Å²) < 4.78 is 18.8. The van der Waals surface area contributed by atoms with Crippen LogP contribution < -0.4 is 15.4 Å². The lowest BCUT2D eigenvalue weighted by molar-refractivity contribution is -0.114. The van der Waals surface area contributed by atoms with Gasteiger partial charge in [-0.2, -0.15) is 0 Å². The number of ether oxygens (including phenoxy) is 1. The van der Waals surface area contributed by atoms with E-state index in [4.69, 9.17) is 16.3 Å². The van der Waals surface area contributed by atoms with Crippen molar-refractivity contribution in [2.24, 2.45) is 0 Å². The first-order valence-corrected chi connectivity index (χ1v) is 8.73. The van der Waals surface area contributed by atoms with Gasteiger partial charge >= 0.3 is 0 Å². The van der Waals surface area contributed by atoms with E-state index in [1.54, 1.807) is 12.1 Å². The van der Waals surface area contributed by atoms with Gasteiger partial charge in [0, 0.05) is 16.4 Å². The Morgan fingerprint density at radius 2 is 1.70 bits per heavy atom. The highest BCUT2D eigenvalue weighted by atomic mass is 35.5. The van der Waals surface area contributed by atoms with Crippen molar-refractivity contribution >= 4 is 28.9 Å². The number of amides is 1. The predicted molar refractivity (Wildman–Crippen MR) is 106 cm³/mol. The largest absolute Gasteiger partial charge is 0.489 e. The molecule has 0 radical (unpaired) electrons. The van der Waals surface area contributed by atoms with Gasteiger partial charge in [0.1, 0.15) is 18.2 Å². The average Bonchev–Trinajstić information content (AvgIpc) is 2.67. The molecule has 0 aliphatic carbocycles. The Balaban J connectivity index is 1.45. The molecule has 0 bridgehead atoms. The molecule has 3 aromatic rings. The molecule has 0 saturated heterocycles. The second-order valence-corrected chi connectivity index (χ2v) is 6.29. The third-order valence-electron chi connectivity index (χ3n) is 3.73. The molecule has 1 amide bonds. The third kappa shape index (κ3) is 6.01. The molecule has 0 saturated carbocycles. The number of rotatable bonds is 7. The summed E-state index contributed by atoms with van der Waals surface area (Å²) in [6, 6.07) is 20.5. The second-order valence-electron chi connectivity index (χ2n) is 5.85. The van der Waals surface area contributed by atoms with Crippen LogP contribution in [0.5, 0.6) is 5.75 Å². The van der Waals surface area contributed by atoms with E-state index in [-0.39, 0.29) is 12.5 Å². The molecule has 0 spiro atoms. The van der Waals surface area contributed by atoms with Crippen molar-refractivity contribution in [1.29, 1.82) is 0 Å². The first-order valence-electron chi connectivity index (χ1n) is 8.35. The lowest BCUT2D eigenvalue weighted by Gasteiger charge is -2.10. The second kappa shape index (κ2) is 9.05. The van der Waals surface area contributed by atoms with Gasteiger partial charge < -0.3 is 15.4 Å². The van der Waals surface area contributed by atoms with Crippen molar-refractivity contribution in [2.75, 3.05) is 17.2 Å². The van der Waals surface area contributed by atoms with Gasteiger partial charge in [0.25, 0.3) is 0 Å². The zero-order valence-corrected chi connectivity index (χ0v) is 15.2. The molecule has 0 atom stereocenters. The van der Waals surface area contributed by atoms with Gasteiger partial charge in [-0.15, -0.1) is 0 Å². The van der Waals surface area contributed by atoms with Crippen molar-refractivity contribution in [2.45, 2.75) is 6.61 Å². The number of nitrogens with one attached hydrogen (secondary N) is 2. The van der Waals surface area contributed by atoms with Crippen LogP contribution in [0.25, 0.3) is 0 Å². The molecule has 0 unspecified atom stereocenters. The van der Waals surface area contributed by atoms with Crippen molar-refractivity contribution in [3.8, 4) is 5.75 Å². The lowest BCUT2D eigenvalue weighted by atomic mass is 10.2. The number of halogens is 2. The summed E-state index contributed by atoms with van der Waals surface area (Å²) >= 11 is 5.86. The molecule has 0 aliphatic rings. The molecular weight excluding hydrogens is 367 g/mol. The molecule has 27 heavy (non-hydrogen) atoms. The van der Waals surface area contributed by atoms with Gasteiger partial charge in [-0.3, -0.25) is 4.79 Å². The van der Waals surface area contributed by atoms with Crippen molar-refractivity contribution in [1.82, 2.24) is 0 Å². The van der Waals surface area contributed by atoms with Crippen LogP contribution in [0.15, 0.2) is 72.8 Å². The molecule has 0 heterocycles. The SMILES string of the molecule is O=C(CNc1ccc(OCc2ccc(Cl)cc2)cc1)Nc1cccc(F)c1. The fourth-order valence-electron chi connectivity index (χ4n) is 2.37. The summed E-state index contributed by atoms with van der Waals surface area (Å²) in [5.74, 6) is 0.0679. The van der Waals surface area contributed by atoms with Crippen molar-refractivity contribution < 1.29 is 13.9 Å². The van der Waals surface area contributed by atoms with E-state index < -0.39 is 5.82 Å². The first-order chi connectivity index (χ1) is 13.1. The minimum atomic E-state index is -0.394. The highest BCUT2D eigenvalue weighted by molar-refractivity contribution is 6.30. The highest BCUT2D eigenvalue weighted by Crippen LogP contribution is 2.18. The van der Waals surface area contributed by atoms with Gasteiger partial charge in [-0.05, 0) is 60.2 Å². The van der Waals surface area contributed by atoms with Gasteiger partial charge in [0.05, 0.1) is 6.54 Å². The Morgan fingerprint density at radius 3 is 2.41 bits per heavy atom. The summed E-state index contributed by atoms with van der Waals surface area (Å²) in [7, 11) is 0. The van der Waals surface area contributed by atoms with E-state index in [2.05, 4.69) is 10.6 Å². The Kier molecular flexibility index (Phi) is 6.28. The van der Waals surface area contributed by atoms with E-state index in [1.807, 2.05) is 48.5 Å². The molecule has 3 rings (SSSR count). The highest BCUT2D eigenvalue weighted by Gasteiger charge is 2.04. The zero-order valence-electron chi connectivity index (χ0n) is 14.4. The number of carbonyl (C=O) groups is 1. The monoisotopic (exact) mass is 384 g/mol. The van der Waals surface area contributed by atoms with Crippen LogP contribution >= 0.6 is 11.6 Å². The molecule has 138 valence electrons. The van der Waals surface area contributed by atoms with Crippen LogP contribution in [0.4, 0.5) is 15.8 Å². The fraction of sp³-hybridized carbons (Fsp3) is 0.0952.